The summed E-state index contributed by atoms with van der Waals surface area (Å²) in [5.41, 5.74) is 2.04. The summed E-state index contributed by atoms with van der Waals surface area (Å²) in [6, 6.07) is 15.5. The van der Waals surface area contributed by atoms with Crippen LogP contribution in [0.1, 0.15) is 10.4 Å². The zero-order valence-corrected chi connectivity index (χ0v) is 13.3. The molecule has 0 unspecified atom stereocenters. The number of thiazole rings is 1. The van der Waals surface area contributed by atoms with E-state index in [2.05, 4.69) is 10.3 Å². The van der Waals surface area contributed by atoms with Crippen LogP contribution in [0.2, 0.25) is 10.0 Å². The Morgan fingerprint density at radius 3 is 2.67 bits per heavy atom. The van der Waals surface area contributed by atoms with Gasteiger partial charge in [-0.3, -0.25) is 0 Å². The average molecular weight is 335 g/mol. The lowest BCUT2D eigenvalue weighted by Crippen LogP contribution is -1.87. The smallest absolute Gasteiger partial charge is 0.187 e. The zero-order valence-electron chi connectivity index (χ0n) is 11.0. The number of para-hydroxylation sites is 1. The predicted molar refractivity (Wildman–Crippen MR) is 91.1 cm³/mol. The molecule has 0 radical (unpaired) electrons. The summed E-state index contributed by atoms with van der Waals surface area (Å²) in [7, 11) is 0. The Morgan fingerprint density at radius 2 is 1.86 bits per heavy atom. The van der Waals surface area contributed by atoms with Gasteiger partial charge in [-0.25, -0.2) is 4.98 Å². The number of halogens is 2. The molecule has 2 aromatic carbocycles. The summed E-state index contributed by atoms with van der Waals surface area (Å²) in [6.45, 7) is 0. The van der Waals surface area contributed by atoms with Gasteiger partial charge in [-0.05, 0) is 35.9 Å². The van der Waals surface area contributed by atoms with Crippen molar-refractivity contribution in [3.63, 3.8) is 0 Å². The molecule has 106 valence electrons. The zero-order chi connectivity index (χ0) is 14.7. The number of nitrogens with one attached hydrogen (secondary N) is 1. The largest absolute Gasteiger partial charge is 0.332 e. The fraction of sp³-hybridized carbons (Fsp3) is 0.0625. The molecule has 0 bridgehead atoms. The van der Waals surface area contributed by atoms with Gasteiger partial charge in [-0.1, -0.05) is 41.4 Å². The van der Waals surface area contributed by atoms with Crippen LogP contribution >= 0.6 is 34.5 Å². The van der Waals surface area contributed by atoms with E-state index in [-0.39, 0.29) is 0 Å². The molecule has 0 aliphatic heterocycles. The van der Waals surface area contributed by atoms with Crippen molar-refractivity contribution in [2.45, 2.75) is 6.42 Å². The minimum atomic E-state index is 0.696. The number of rotatable bonds is 4. The molecule has 1 aromatic heterocycles. The Kier molecular flexibility index (Phi) is 4.44. The Labute approximate surface area is 137 Å². The van der Waals surface area contributed by atoms with Crippen LogP contribution in [0, 0.1) is 0 Å². The molecule has 1 N–H and O–H groups in total. The van der Waals surface area contributed by atoms with Crippen molar-refractivity contribution in [1.82, 2.24) is 4.98 Å². The van der Waals surface area contributed by atoms with Crippen molar-refractivity contribution in [2.24, 2.45) is 0 Å². The summed E-state index contributed by atoms with van der Waals surface area (Å²) in [4.78, 5) is 5.53. The van der Waals surface area contributed by atoms with E-state index in [1.54, 1.807) is 17.4 Å². The summed E-state index contributed by atoms with van der Waals surface area (Å²) in [5, 5.41) is 5.58. The molecule has 0 amide bonds. The van der Waals surface area contributed by atoms with Crippen LogP contribution in [0.15, 0.2) is 54.7 Å². The maximum absolute atomic E-state index is 6.19. The van der Waals surface area contributed by atoms with Gasteiger partial charge < -0.3 is 5.32 Å². The second kappa shape index (κ2) is 6.48. The van der Waals surface area contributed by atoms with E-state index in [0.717, 1.165) is 32.7 Å². The third-order valence-corrected chi connectivity index (χ3v) is 4.47. The Balaban J connectivity index is 1.75. The van der Waals surface area contributed by atoms with Crippen LogP contribution in [0.5, 0.6) is 0 Å². The highest BCUT2D eigenvalue weighted by Gasteiger charge is 2.07. The van der Waals surface area contributed by atoms with Crippen molar-refractivity contribution < 1.29 is 0 Å². The van der Waals surface area contributed by atoms with Crippen molar-refractivity contribution in [2.75, 3.05) is 5.32 Å². The van der Waals surface area contributed by atoms with E-state index in [9.17, 15) is 0 Å². The molecule has 0 spiro atoms. The van der Waals surface area contributed by atoms with Gasteiger partial charge in [0.1, 0.15) is 0 Å². The number of hydrogen-bond donors (Lipinski definition) is 1. The van der Waals surface area contributed by atoms with E-state index in [4.69, 9.17) is 23.2 Å². The second-order valence-corrected chi connectivity index (χ2v) is 6.49. The van der Waals surface area contributed by atoms with Crippen molar-refractivity contribution in [3.05, 3.63) is 75.2 Å². The van der Waals surface area contributed by atoms with Crippen molar-refractivity contribution >= 4 is 45.4 Å². The normalized spacial score (nSPS) is 10.6. The Hall–Kier alpha value is -1.55. The number of anilines is 2. The molecule has 0 aliphatic rings. The van der Waals surface area contributed by atoms with Crippen LogP contribution in [0.25, 0.3) is 0 Å². The highest BCUT2D eigenvalue weighted by Crippen LogP contribution is 2.28. The van der Waals surface area contributed by atoms with Gasteiger partial charge in [0.2, 0.25) is 0 Å². The molecule has 0 aliphatic carbocycles. The predicted octanol–water partition coefficient (Wildman–Crippen LogP) is 5.78. The molecule has 0 atom stereocenters. The first-order valence-electron chi connectivity index (χ1n) is 6.41. The second-order valence-electron chi connectivity index (χ2n) is 4.54. The summed E-state index contributed by atoms with van der Waals surface area (Å²) < 4.78 is 0. The van der Waals surface area contributed by atoms with E-state index in [1.165, 1.54) is 0 Å². The first-order valence-corrected chi connectivity index (χ1v) is 7.98. The minimum Gasteiger partial charge on any atom is -0.332 e. The van der Waals surface area contributed by atoms with Crippen LogP contribution < -0.4 is 5.32 Å². The van der Waals surface area contributed by atoms with E-state index in [0.29, 0.717) is 5.02 Å². The molecule has 0 saturated carbocycles. The molecule has 2 nitrogen and oxygen atoms in total. The molecule has 0 saturated heterocycles. The molecule has 5 heteroatoms. The number of aromatic nitrogens is 1. The fourth-order valence-corrected chi connectivity index (χ4v) is 3.19. The van der Waals surface area contributed by atoms with Crippen LogP contribution in [0.3, 0.4) is 0 Å². The van der Waals surface area contributed by atoms with Crippen LogP contribution in [-0.2, 0) is 6.42 Å². The minimum absolute atomic E-state index is 0.696. The van der Waals surface area contributed by atoms with Crippen LogP contribution in [-0.4, -0.2) is 4.98 Å². The topological polar surface area (TPSA) is 24.9 Å². The first kappa shape index (κ1) is 14.4. The van der Waals surface area contributed by atoms with Gasteiger partial charge in [0.15, 0.2) is 5.13 Å². The first-order chi connectivity index (χ1) is 10.2. The van der Waals surface area contributed by atoms with Gasteiger partial charge in [0.25, 0.3) is 0 Å². The average Bonchev–Trinajstić information content (AvgIpc) is 2.91. The van der Waals surface area contributed by atoms with Crippen molar-refractivity contribution in [1.29, 1.82) is 0 Å². The maximum Gasteiger partial charge on any atom is 0.187 e. The quantitative estimate of drug-likeness (QED) is 0.653. The molecule has 0 fully saturated rings. The summed E-state index contributed by atoms with van der Waals surface area (Å²) in [5.74, 6) is 0. The number of nitrogens with zero attached hydrogens (tertiary/aromatic N) is 1. The van der Waals surface area contributed by atoms with Crippen LogP contribution in [0.4, 0.5) is 10.8 Å². The molecule has 3 rings (SSSR count). The summed E-state index contributed by atoms with van der Waals surface area (Å²) >= 11 is 13.8. The number of benzene rings is 2. The van der Waals surface area contributed by atoms with E-state index >= 15 is 0 Å². The standard InChI is InChI=1S/C16H12Cl2N2S/c17-12-6-7-15(18)11(8-12)9-14-10-19-16(21-14)20-13-4-2-1-3-5-13/h1-8,10H,9H2,(H,19,20). The molecular weight excluding hydrogens is 323 g/mol. The fourth-order valence-electron chi connectivity index (χ4n) is 1.96. The Bertz CT molecular complexity index is 741. The molecule has 1 heterocycles. The van der Waals surface area contributed by atoms with Gasteiger partial charge >= 0.3 is 0 Å². The summed E-state index contributed by atoms with van der Waals surface area (Å²) in [6.07, 6.45) is 2.60. The lowest BCUT2D eigenvalue weighted by molar-refractivity contribution is 1.22. The van der Waals surface area contributed by atoms with Gasteiger partial charge in [0.05, 0.1) is 0 Å². The van der Waals surface area contributed by atoms with E-state index < -0.39 is 0 Å². The number of hydrogen-bond acceptors (Lipinski definition) is 3. The SMILES string of the molecule is Clc1ccc(Cl)c(Cc2cnc(Nc3ccccc3)s2)c1. The van der Waals surface area contributed by atoms with Gasteiger partial charge in [-0.15, -0.1) is 11.3 Å². The highest BCUT2D eigenvalue weighted by atomic mass is 35.5. The van der Waals surface area contributed by atoms with Crippen molar-refractivity contribution in [3.8, 4) is 0 Å². The van der Waals surface area contributed by atoms with E-state index in [1.807, 2.05) is 48.7 Å². The lowest BCUT2D eigenvalue weighted by atomic mass is 10.1. The monoisotopic (exact) mass is 334 g/mol. The molecular formula is C16H12Cl2N2S. The third kappa shape index (κ3) is 3.76. The Morgan fingerprint density at radius 1 is 1.05 bits per heavy atom. The molecule has 3 aromatic rings. The van der Waals surface area contributed by atoms with Gasteiger partial charge in [0, 0.05) is 33.2 Å². The molecule has 21 heavy (non-hydrogen) atoms. The maximum atomic E-state index is 6.19. The van der Waals surface area contributed by atoms with Gasteiger partial charge in [-0.2, -0.15) is 0 Å². The highest BCUT2D eigenvalue weighted by molar-refractivity contribution is 7.15. The lowest BCUT2D eigenvalue weighted by Gasteiger charge is -2.03. The third-order valence-electron chi connectivity index (χ3n) is 2.95.